The van der Waals surface area contributed by atoms with Gasteiger partial charge in [0, 0.05) is 18.8 Å². The average molecular weight is 270 g/mol. The first kappa shape index (κ1) is 15.4. The number of anilines is 1. The van der Waals surface area contributed by atoms with Crippen molar-refractivity contribution in [3.8, 4) is 6.07 Å². The van der Waals surface area contributed by atoms with Gasteiger partial charge in [-0.25, -0.2) is 0 Å². The van der Waals surface area contributed by atoms with Gasteiger partial charge < -0.3 is 4.90 Å². The van der Waals surface area contributed by atoms with Crippen LogP contribution in [0.3, 0.4) is 0 Å². The van der Waals surface area contributed by atoms with Gasteiger partial charge in [-0.3, -0.25) is 0 Å². The summed E-state index contributed by atoms with van der Waals surface area (Å²) in [6.07, 6.45) is -2.69. The zero-order valence-electron chi connectivity index (χ0n) is 11.3. The summed E-state index contributed by atoms with van der Waals surface area (Å²) in [7, 11) is 1.83. The lowest BCUT2D eigenvalue weighted by Gasteiger charge is -2.29. The largest absolute Gasteiger partial charge is 0.417 e. The summed E-state index contributed by atoms with van der Waals surface area (Å²) in [6, 6.07) is 5.58. The Bertz CT molecular complexity index is 471. The number of halogens is 3. The topological polar surface area (TPSA) is 27.0 Å². The van der Waals surface area contributed by atoms with Crippen LogP contribution < -0.4 is 4.90 Å². The van der Waals surface area contributed by atoms with Crippen LogP contribution in [-0.2, 0) is 6.18 Å². The van der Waals surface area contributed by atoms with Crippen LogP contribution in [0.5, 0.6) is 0 Å². The number of hydrogen-bond acceptors (Lipinski definition) is 2. The molecule has 0 bridgehead atoms. The first-order valence-electron chi connectivity index (χ1n) is 6.19. The number of nitriles is 1. The Hall–Kier alpha value is -1.70. The molecule has 0 heterocycles. The fourth-order valence-corrected chi connectivity index (χ4v) is 2.14. The summed E-state index contributed by atoms with van der Waals surface area (Å²) in [5.41, 5.74) is -0.572. The molecule has 0 N–H and O–H groups in total. The van der Waals surface area contributed by atoms with Gasteiger partial charge in [-0.15, -0.1) is 0 Å². The monoisotopic (exact) mass is 270 g/mol. The Balaban J connectivity index is 3.18. The molecule has 1 rings (SSSR count). The van der Waals surface area contributed by atoms with E-state index in [1.807, 2.05) is 25.8 Å². The molecule has 0 fully saturated rings. The van der Waals surface area contributed by atoms with E-state index in [0.29, 0.717) is 5.69 Å². The highest BCUT2D eigenvalue weighted by Crippen LogP contribution is 2.34. The zero-order valence-corrected chi connectivity index (χ0v) is 11.3. The minimum absolute atomic E-state index is 0.253. The quantitative estimate of drug-likeness (QED) is 0.819. The van der Waals surface area contributed by atoms with Crippen LogP contribution in [0.25, 0.3) is 0 Å². The molecular weight excluding hydrogens is 253 g/mol. The Kier molecular flexibility index (Phi) is 4.82. The molecule has 0 aromatic heterocycles. The second kappa shape index (κ2) is 5.96. The lowest BCUT2D eigenvalue weighted by molar-refractivity contribution is -0.137. The first-order valence-corrected chi connectivity index (χ1v) is 6.19. The third-order valence-electron chi connectivity index (χ3n) is 3.33. The Morgan fingerprint density at radius 3 is 2.26 bits per heavy atom. The molecule has 104 valence electrons. The Morgan fingerprint density at radius 1 is 1.26 bits per heavy atom. The van der Waals surface area contributed by atoms with Crippen molar-refractivity contribution in [3.63, 3.8) is 0 Å². The molecule has 0 radical (unpaired) electrons. The maximum atomic E-state index is 12.7. The van der Waals surface area contributed by atoms with Crippen molar-refractivity contribution in [1.29, 1.82) is 5.26 Å². The van der Waals surface area contributed by atoms with Gasteiger partial charge in [0.1, 0.15) is 0 Å². The van der Waals surface area contributed by atoms with Gasteiger partial charge in [0.25, 0.3) is 0 Å². The summed E-state index contributed by atoms with van der Waals surface area (Å²) < 4.78 is 38.1. The summed E-state index contributed by atoms with van der Waals surface area (Å²) in [6.45, 7) is 4.06. The van der Waals surface area contributed by atoms with E-state index < -0.39 is 11.7 Å². The molecule has 0 atom stereocenters. The molecule has 0 spiro atoms. The Morgan fingerprint density at radius 2 is 1.84 bits per heavy atom. The van der Waals surface area contributed by atoms with Crippen LogP contribution in [-0.4, -0.2) is 13.1 Å². The third-order valence-corrected chi connectivity index (χ3v) is 3.33. The molecular formula is C14H17F3N2. The molecule has 0 aliphatic heterocycles. The molecule has 0 aliphatic carbocycles. The summed E-state index contributed by atoms with van der Waals surface area (Å²) >= 11 is 0. The van der Waals surface area contributed by atoms with Gasteiger partial charge in [-0.2, -0.15) is 18.4 Å². The van der Waals surface area contributed by atoms with Crippen molar-refractivity contribution in [2.75, 3.05) is 11.9 Å². The number of benzene rings is 1. The van der Waals surface area contributed by atoms with Crippen LogP contribution in [0.4, 0.5) is 18.9 Å². The zero-order chi connectivity index (χ0) is 14.6. The van der Waals surface area contributed by atoms with Gasteiger partial charge in [0.15, 0.2) is 0 Å². The fraction of sp³-hybridized carbons (Fsp3) is 0.500. The highest BCUT2D eigenvalue weighted by Gasteiger charge is 2.33. The minimum atomic E-state index is -4.49. The van der Waals surface area contributed by atoms with Crippen LogP contribution >= 0.6 is 0 Å². The van der Waals surface area contributed by atoms with Crippen LogP contribution in [0.15, 0.2) is 18.2 Å². The fourth-order valence-electron chi connectivity index (χ4n) is 2.14. The van der Waals surface area contributed by atoms with Crippen LogP contribution in [0.2, 0.25) is 0 Å². The third kappa shape index (κ3) is 3.40. The highest BCUT2D eigenvalue weighted by atomic mass is 19.4. The van der Waals surface area contributed by atoms with Crippen LogP contribution in [0, 0.1) is 11.3 Å². The molecule has 5 heteroatoms. The van der Waals surface area contributed by atoms with E-state index in [0.717, 1.165) is 18.9 Å². The van der Waals surface area contributed by atoms with E-state index in [1.165, 1.54) is 12.1 Å². The lowest BCUT2D eigenvalue weighted by Crippen LogP contribution is -2.30. The number of rotatable bonds is 4. The van der Waals surface area contributed by atoms with E-state index in [-0.39, 0.29) is 11.6 Å². The van der Waals surface area contributed by atoms with Crippen molar-refractivity contribution in [2.45, 2.75) is 38.9 Å². The van der Waals surface area contributed by atoms with Gasteiger partial charge in [-0.1, -0.05) is 13.8 Å². The predicted molar refractivity (Wildman–Crippen MR) is 68.9 cm³/mol. The molecule has 1 aromatic rings. The maximum absolute atomic E-state index is 12.7. The normalized spacial score (nSPS) is 11.5. The van der Waals surface area contributed by atoms with Crippen molar-refractivity contribution in [2.24, 2.45) is 0 Å². The molecule has 0 unspecified atom stereocenters. The average Bonchev–Trinajstić information content (AvgIpc) is 2.38. The standard InChI is InChI=1S/C14H17F3N2/c1-4-11(5-2)19(3)12-6-7-13(14(15,16)17)10(8-12)9-18/h6-8,11H,4-5H2,1-3H3. The van der Waals surface area contributed by atoms with E-state index in [1.54, 1.807) is 6.07 Å². The molecule has 2 nitrogen and oxygen atoms in total. The van der Waals surface area contributed by atoms with Crippen molar-refractivity contribution in [1.82, 2.24) is 0 Å². The Labute approximate surface area is 111 Å². The van der Waals surface area contributed by atoms with E-state index in [2.05, 4.69) is 0 Å². The molecule has 19 heavy (non-hydrogen) atoms. The smallest absolute Gasteiger partial charge is 0.372 e. The molecule has 0 amide bonds. The van der Waals surface area contributed by atoms with Gasteiger partial charge in [0.05, 0.1) is 17.2 Å². The van der Waals surface area contributed by atoms with Gasteiger partial charge in [0.2, 0.25) is 0 Å². The van der Waals surface area contributed by atoms with Crippen molar-refractivity contribution in [3.05, 3.63) is 29.3 Å². The van der Waals surface area contributed by atoms with Gasteiger partial charge in [-0.05, 0) is 31.0 Å². The number of alkyl halides is 3. The highest BCUT2D eigenvalue weighted by molar-refractivity contribution is 5.55. The number of nitrogens with zero attached hydrogens (tertiary/aromatic N) is 2. The van der Waals surface area contributed by atoms with Gasteiger partial charge >= 0.3 is 6.18 Å². The molecule has 0 saturated heterocycles. The van der Waals surface area contributed by atoms with E-state index in [9.17, 15) is 13.2 Å². The first-order chi connectivity index (χ1) is 8.85. The second-order valence-corrected chi connectivity index (χ2v) is 4.42. The number of hydrogen-bond donors (Lipinski definition) is 0. The predicted octanol–water partition coefficient (Wildman–Crippen LogP) is 4.20. The molecule has 0 saturated carbocycles. The lowest BCUT2D eigenvalue weighted by atomic mass is 10.0. The minimum Gasteiger partial charge on any atom is -0.372 e. The van der Waals surface area contributed by atoms with Crippen LogP contribution in [0.1, 0.15) is 37.8 Å². The molecule has 1 aromatic carbocycles. The summed E-state index contributed by atoms with van der Waals surface area (Å²) in [5.74, 6) is 0. The summed E-state index contributed by atoms with van der Waals surface area (Å²) in [5, 5.41) is 8.87. The molecule has 0 aliphatic rings. The van der Waals surface area contributed by atoms with E-state index >= 15 is 0 Å². The van der Waals surface area contributed by atoms with Crippen molar-refractivity contribution >= 4 is 5.69 Å². The second-order valence-electron chi connectivity index (χ2n) is 4.42. The SMILES string of the molecule is CCC(CC)N(C)c1ccc(C(F)(F)F)c(C#N)c1. The maximum Gasteiger partial charge on any atom is 0.417 e. The van der Waals surface area contributed by atoms with Crippen molar-refractivity contribution < 1.29 is 13.2 Å². The van der Waals surface area contributed by atoms with E-state index in [4.69, 9.17) is 5.26 Å². The summed E-state index contributed by atoms with van der Waals surface area (Å²) in [4.78, 5) is 1.92.